The molecule has 1 heterocycles. The Morgan fingerprint density at radius 1 is 1.16 bits per heavy atom. The van der Waals surface area contributed by atoms with Crippen LogP contribution in [0.2, 0.25) is 0 Å². The van der Waals surface area contributed by atoms with E-state index in [0.717, 1.165) is 5.56 Å². The number of nitrogens with two attached hydrogens (primary N) is 1. The Kier molecular flexibility index (Phi) is 8.52. The van der Waals surface area contributed by atoms with E-state index in [0.29, 0.717) is 25.8 Å². The normalized spacial score (nSPS) is 19.7. The Hall–Kier alpha value is -2.98. The highest BCUT2D eigenvalue weighted by Crippen LogP contribution is 2.19. The average molecular weight is 434 g/mol. The third-order valence-corrected chi connectivity index (χ3v) is 5.25. The van der Waals surface area contributed by atoms with Crippen molar-refractivity contribution in [3.8, 4) is 0 Å². The number of aliphatic carboxylic acids is 1. The number of carbonyl (C=O) groups excluding carboxylic acids is 3. The third-order valence-electron chi connectivity index (χ3n) is 5.25. The van der Waals surface area contributed by atoms with E-state index in [1.165, 1.54) is 18.7 Å². The van der Waals surface area contributed by atoms with E-state index < -0.39 is 48.1 Å². The summed E-state index contributed by atoms with van der Waals surface area (Å²) >= 11 is 0. The summed E-state index contributed by atoms with van der Waals surface area (Å²) in [6, 6.07) is 5.24. The summed E-state index contributed by atoms with van der Waals surface area (Å²) in [5.74, 6) is -2.98. The number of carboxylic acid groups (broad SMARTS) is 1. The van der Waals surface area contributed by atoms with Crippen molar-refractivity contribution >= 4 is 23.7 Å². The van der Waals surface area contributed by atoms with Gasteiger partial charge in [0.05, 0.1) is 12.1 Å². The Balaban J connectivity index is 1.96. The Labute approximate surface area is 180 Å². The van der Waals surface area contributed by atoms with Crippen molar-refractivity contribution in [2.75, 3.05) is 6.54 Å². The minimum Gasteiger partial charge on any atom is -0.480 e. The second-order valence-electron chi connectivity index (χ2n) is 7.78. The monoisotopic (exact) mass is 434 g/mol. The summed E-state index contributed by atoms with van der Waals surface area (Å²) < 4.78 is 0. The molecule has 5 unspecified atom stereocenters. The molecule has 0 aliphatic carbocycles. The van der Waals surface area contributed by atoms with Gasteiger partial charge in [-0.2, -0.15) is 0 Å². The molecular formula is C21H30N4O6. The predicted molar refractivity (Wildman–Crippen MR) is 112 cm³/mol. The molecule has 2 rings (SSSR count). The Bertz CT molecular complexity index is 800. The molecular weight excluding hydrogens is 404 g/mol. The minimum absolute atomic E-state index is 0.335. The van der Waals surface area contributed by atoms with Crippen molar-refractivity contribution in [2.24, 2.45) is 5.73 Å². The molecule has 1 saturated heterocycles. The summed E-state index contributed by atoms with van der Waals surface area (Å²) in [5.41, 5.74) is 7.00. The standard InChI is InChI=1S/C21H30N4O6/c1-12(18(27)24-17(13(2)26)21(30)31)23-19(28)16-9-6-10-25(16)20(29)15(22)11-14-7-4-3-5-8-14/h3-5,7-8,12-13,15-17,26H,6,9-11,22H2,1-2H3,(H,23,28)(H,24,27)(H,30,31). The van der Waals surface area contributed by atoms with Gasteiger partial charge in [-0.05, 0) is 38.7 Å². The van der Waals surface area contributed by atoms with Crippen molar-refractivity contribution in [1.82, 2.24) is 15.5 Å². The first kappa shape index (κ1) is 24.3. The van der Waals surface area contributed by atoms with Crippen LogP contribution < -0.4 is 16.4 Å². The zero-order valence-electron chi connectivity index (χ0n) is 17.7. The fraction of sp³-hybridized carbons (Fsp3) is 0.524. The van der Waals surface area contributed by atoms with Crippen LogP contribution in [-0.4, -0.2) is 75.6 Å². The molecule has 0 spiro atoms. The molecule has 0 saturated carbocycles. The van der Waals surface area contributed by atoms with Gasteiger partial charge in [-0.3, -0.25) is 14.4 Å². The fourth-order valence-electron chi connectivity index (χ4n) is 3.51. The summed E-state index contributed by atoms with van der Waals surface area (Å²) in [7, 11) is 0. The van der Waals surface area contributed by atoms with Gasteiger partial charge in [0.1, 0.15) is 12.1 Å². The first-order valence-corrected chi connectivity index (χ1v) is 10.2. The van der Waals surface area contributed by atoms with E-state index in [1.54, 1.807) is 0 Å². The van der Waals surface area contributed by atoms with E-state index >= 15 is 0 Å². The molecule has 1 aliphatic heterocycles. The van der Waals surface area contributed by atoms with E-state index in [1.807, 2.05) is 30.3 Å². The number of likely N-dealkylation sites (tertiary alicyclic amines) is 1. The fourth-order valence-corrected chi connectivity index (χ4v) is 3.51. The van der Waals surface area contributed by atoms with Crippen molar-refractivity contribution < 1.29 is 29.4 Å². The molecule has 0 aromatic heterocycles. The van der Waals surface area contributed by atoms with Gasteiger partial charge in [0.15, 0.2) is 6.04 Å². The molecule has 1 fully saturated rings. The van der Waals surface area contributed by atoms with Crippen LogP contribution >= 0.6 is 0 Å². The van der Waals surface area contributed by atoms with Gasteiger partial charge >= 0.3 is 5.97 Å². The van der Waals surface area contributed by atoms with Gasteiger partial charge in [0.2, 0.25) is 17.7 Å². The van der Waals surface area contributed by atoms with Crippen LogP contribution in [0.25, 0.3) is 0 Å². The number of hydrogen-bond donors (Lipinski definition) is 5. The average Bonchev–Trinajstić information content (AvgIpc) is 3.21. The lowest BCUT2D eigenvalue weighted by molar-refractivity contribution is -0.145. The van der Waals surface area contributed by atoms with Crippen LogP contribution in [0.1, 0.15) is 32.3 Å². The van der Waals surface area contributed by atoms with Crippen LogP contribution in [-0.2, 0) is 25.6 Å². The van der Waals surface area contributed by atoms with Gasteiger partial charge in [-0.15, -0.1) is 0 Å². The Morgan fingerprint density at radius 2 is 1.81 bits per heavy atom. The molecule has 31 heavy (non-hydrogen) atoms. The number of aliphatic hydroxyl groups excluding tert-OH is 1. The molecule has 6 N–H and O–H groups in total. The highest BCUT2D eigenvalue weighted by Gasteiger charge is 2.37. The molecule has 1 aromatic carbocycles. The highest BCUT2D eigenvalue weighted by molar-refractivity contribution is 5.94. The first-order chi connectivity index (χ1) is 14.6. The molecule has 1 aromatic rings. The van der Waals surface area contributed by atoms with E-state index in [9.17, 15) is 24.3 Å². The van der Waals surface area contributed by atoms with Gasteiger partial charge in [-0.1, -0.05) is 30.3 Å². The molecule has 10 nitrogen and oxygen atoms in total. The number of nitrogens with one attached hydrogen (secondary N) is 2. The number of benzene rings is 1. The maximum atomic E-state index is 12.8. The number of nitrogens with zero attached hydrogens (tertiary/aromatic N) is 1. The van der Waals surface area contributed by atoms with E-state index in [2.05, 4.69) is 10.6 Å². The van der Waals surface area contributed by atoms with Crippen molar-refractivity contribution in [3.05, 3.63) is 35.9 Å². The number of rotatable bonds is 9. The molecule has 0 radical (unpaired) electrons. The molecule has 10 heteroatoms. The lowest BCUT2D eigenvalue weighted by Crippen LogP contribution is -2.57. The van der Waals surface area contributed by atoms with Gasteiger partial charge in [0.25, 0.3) is 0 Å². The van der Waals surface area contributed by atoms with E-state index in [4.69, 9.17) is 10.8 Å². The predicted octanol–water partition coefficient (Wildman–Crippen LogP) is -0.998. The van der Waals surface area contributed by atoms with Gasteiger partial charge < -0.3 is 31.5 Å². The first-order valence-electron chi connectivity index (χ1n) is 10.2. The molecule has 1 aliphatic rings. The largest absolute Gasteiger partial charge is 0.480 e. The SMILES string of the molecule is CC(NC(=O)C1CCCN1C(=O)C(N)Cc1ccccc1)C(=O)NC(C(=O)O)C(C)O. The maximum absolute atomic E-state index is 12.8. The molecule has 0 bridgehead atoms. The molecule has 3 amide bonds. The smallest absolute Gasteiger partial charge is 0.328 e. The summed E-state index contributed by atoms with van der Waals surface area (Å²) in [6.07, 6.45) is 0.110. The molecule has 170 valence electrons. The van der Waals surface area contributed by atoms with Crippen LogP contribution in [0.5, 0.6) is 0 Å². The van der Waals surface area contributed by atoms with E-state index in [-0.39, 0.29) is 5.91 Å². The highest BCUT2D eigenvalue weighted by atomic mass is 16.4. The van der Waals surface area contributed by atoms with Crippen LogP contribution in [0.4, 0.5) is 0 Å². The zero-order valence-corrected chi connectivity index (χ0v) is 17.7. The maximum Gasteiger partial charge on any atom is 0.328 e. The quantitative estimate of drug-likeness (QED) is 0.333. The second kappa shape index (κ2) is 10.9. The summed E-state index contributed by atoms with van der Waals surface area (Å²) in [6.45, 7) is 3.03. The van der Waals surface area contributed by atoms with Gasteiger partial charge in [0, 0.05) is 6.54 Å². The third kappa shape index (κ3) is 6.50. The zero-order chi connectivity index (χ0) is 23.1. The summed E-state index contributed by atoms with van der Waals surface area (Å²) in [4.78, 5) is 50.3. The van der Waals surface area contributed by atoms with Crippen LogP contribution in [0.3, 0.4) is 0 Å². The number of hydrogen-bond acceptors (Lipinski definition) is 6. The lowest BCUT2D eigenvalue weighted by atomic mass is 10.1. The van der Waals surface area contributed by atoms with Crippen molar-refractivity contribution in [2.45, 2.75) is 63.4 Å². The van der Waals surface area contributed by atoms with Crippen molar-refractivity contribution in [3.63, 3.8) is 0 Å². The number of aliphatic hydroxyl groups is 1. The minimum atomic E-state index is -1.49. The Morgan fingerprint density at radius 3 is 2.39 bits per heavy atom. The second-order valence-corrected chi connectivity index (χ2v) is 7.78. The number of carboxylic acids is 1. The lowest BCUT2D eigenvalue weighted by Gasteiger charge is -2.28. The topological polar surface area (TPSA) is 162 Å². The van der Waals surface area contributed by atoms with Crippen LogP contribution in [0, 0.1) is 0 Å². The molecule has 5 atom stereocenters. The number of carbonyl (C=O) groups is 4. The summed E-state index contributed by atoms with van der Waals surface area (Å²) in [5, 5.41) is 23.3. The van der Waals surface area contributed by atoms with Gasteiger partial charge in [-0.25, -0.2) is 4.79 Å². The number of amides is 3. The van der Waals surface area contributed by atoms with Crippen molar-refractivity contribution in [1.29, 1.82) is 0 Å². The van der Waals surface area contributed by atoms with Crippen LogP contribution in [0.15, 0.2) is 30.3 Å².